The largest absolute Gasteiger partial charge is 0.497 e. The maximum atomic E-state index is 6.50. The van der Waals surface area contributed by atoms with Crippen molar-refractivity contribution in [2.45, 2.75) is 77.0 Å². The van der Waals surface area contributed by atoms with Crippen LogP contribution in [-0.4, -0.2) is 25.4 Å². The van der Waals surface area contributed by atoms with Gasteiger partial charge in [0.25, 0.3) is 0 Å². The van der Waals surface area contributed by atoms with Gasteiger partial charge in [-0.2, -0.15) is 0 Å². The summed E-state index contributed by atoms with van der Waals surface area (Å²) in [5.74, 6) is 1.56. The van der Waals surface area contributed by atoms with Crippen molar-refractivity contribution < 1.29 is 14.0 Å². The van der Waals surface area contributed by atoms with E-state index in [1.54, 1.807) is 7.11 Å². The van der Waals surface area contributed by atoms with E-state index in [-0.39, 0.29) is 23.2 Å². The third kappa shape index (κ3) is 5.21. The minimum absolute atomic E-state index is 0.0595. The fourth-order valence-electron chi connectivity index (χ4n) is 5.34. The summed E-state index contributed by atoms with van der Waals surface area (Å²) in [4.78, 5) is 0. The van der Waals surface area contributed by atoms with Crippen LogP contribution < -0.4 is 10.1 Å². The average Bonchev–Trinajstić information content (AvgIpc) is 3.07. The van der Waals surface area contributed by atoms with E-state index in [9.17, 15) is 0 Å². The smallest absolute Gasteiger partial charge is 0.490 e. The summed E-state index contributed by atoms with van der Waals surface area (Å²) in [7, 11) is 1.28. The summed E-state index contributed by atoms with van der Waals surface area (Å²) >= 11 is 0. The Morgan fingerprint density at radius 2 is 1.53 bits per heavy atom. The fourth-order valence-corrected chi connectivity index (χ4v) is 5.34. The second-order valence-electron chi connectivity index (χ2n) is 10.8. The van der Waals surface area contributed by atoms with Gasteiger partial charge in [0.05, 0.1) is 24.4 Å². The molecular weight excluding hydrogens is 421 g/mol. The molecule has 2 aliphatic rings. The van der Waals surface area contributed by atoms with Gasteiger partial charge < -0.3 is 19.4 Å². The first kappa shape index (κ1) is 24.9. The second-order valence-corrected chi connectivity index (χ2v) is 10.8. The average molecular weight is 461 g/mol. The minimum Gasteiger partial charge on any atom is -0.497 e. The number of nitrogens with one attached hydrogen (secondary N) is 1. The maximum absolute atomic E-state index is 6.50. The van der Waals surface area contributed by atoms with Crippen LogP contribution in [0.3, 0.4) is 0 Å². The Morgan fingerprint density at radius 1 is 0.941 bits per heavy atom. The zero-order valence-corrected chi connectivity index (χ0v) is 21.5. The van der Waals surface area contributed by atoms with Crippen LogP contribution in [0.25, 0.3) is 0 Å². The molecule has 0 spiro atoms. The fraction of sp³-hybridized carbons (Fsp3) is 0.517. The number of anilines is 1. The molecule has 1 saturated carbocycles. The lowest BCUT2D eigenvalue weighted by Crippen LogP contribution is -2.41. The van der Waals surface area contributed by atoms with Gasteiger partial charge in [-0.05, 0) is 81.8 Å². The van der Waals surface area contributed by atoms with Crippen molar-refractivity contribution in [3.8, 4) is 5.75 Å². The molecule has 0 amide bonds. The van der Waals surface area contributed by atoms with Crippen LogP contribution >= 0.6 is 0 Å². The van der Waals surface area contributed by atoms with Gasteiger partial charge in [0.15, 0.2) is 0 Å². The van der Waals surface area contributed by atoms with Crippen molar-refractivity contribution in [1.82, 2.24) is 0 Å². The third-order valence-corrected chi connectivity index (χ3v) is 8.07. The summed E-state index contributed by atoms with van der Waals surface area (Å²) in [6, 6.07) is 19.0. The van der Waals surface area contributed by atoms with Gasteiger partial charge in [-0.3, -0.25) is 0 Å². The highest BCUT2D eigenvalue weighted by Gasteiger charge is 2.54. The van der Waals surface area contributed by atoms with E-state index in [0.29, 0.717) is 5.92 Å². The van der Waals surface area contributed by atoms with Gasteiger partial charge in [0, 0.05) is 11.6 Å². The van der Waals surface area contributed by atoms with Crippen LogP contribution in [0.4, 0.5) is 5.69 Å². The maximum Gasteiger partial charge on any atom is 0.490 e. The highest BCUT2D eigenvalue weighted by Crippen LogP contribution is 2.47. The van der Waals surface area contributed by atoms with E-state index in [2.05, 4.69) is 82.1 Å². The molecule has 34 heavy (non-hydrogen) atoms. The number of rotatable bonds is 8. The normalized spacial score (nSPS) is 21.6. The molecule has 5 heteroatoms. The zero-order chi connectivity index (χ0) is 24.3. The van der Waals surface area contributed by atoms with Crippen LogP contribution in [0.15, 0.2) is 66.6 Å². The van der Waals surface area contributed by atoms with E-state index >= 15 is 0 Å². The van der Waals surface area contributed by atoms with Crippen LogP contribution in [-0.2, 0) is 9.31 Å². The Labute approximate surface area is 206 Å². The molecule has 2 aromatic carbocycles. The topological polar surface area (TPSA) is 39.7 Å². The first-order chi connectivity index (χ1) is 16.2. The first-order valence-electron chi connectivity index (χ1n) is 12.7. The molecule has 182 valence electrons. The van der Waals surface area contributed by atoms with E-state index in [0.717, 1.165) is 16.9 Å². The van der Waals surface area contributed by atoms with Crippen molar-refractivity contribution in [2.75, 3.05) is 12.4 Å². The minimum atomic E-state index is -0.416. The summed E-state index contributed by atoms with van der Waals surface area (Å²) in [6.45, 7) is 13.1. The molecule has 0 bridgehead atoms. The summed E-state index contributed by atoms with van der Waals surface area (Å²) in [6.07, 6.45) is 6.26. The van der Waals surface area contributed by atoms with Gasteiger partial charge in [-0.25, -0.2) is 0 Å². The molecule has 1 N–H and O–H groups in total. The molecule has 1 heterocycles. The molecule has 2 fully saturated rings. The number of methoxy groups -OCH3 is 1. The lowest BCUT2D eigenvalue weighted by molar-refractivity contribution is 0.00578. The standard InChI is InChI=1S/C29H40BNO3/c1-21(30-33-28(2,3)29(4,5)34-30)26(22-13-9-7-10-14-22)27(23-15-11-8-12-16-23)31-24-17-19-25(32-6)20-18-24/h8,11-12,15-20,22,26-27,31H,1,7,9-10,13-14H2,2-6H3. The highest BCUT2D eigenvalue weighted by molar-refractivity contribution is 6.54. The van der Waals surface area contributed by atoms with Crippen LogP contribution in [0, 0.1) is 11.8 Å². The number of hydrogen-bond acceptors (Lipinski definition) is 4. The molecule has 2 aromatic rings. The Hall–Kier alpha value is -2.24. The molecule has 2 unspecified atom stereocenters. The van der Waals surface area contributed by atoms with E-state index in [1.807, 2.05) is 12.1 Å². The van der Waals surface area contributed by atoms with Crippen molar-refractivity contribution in [3.63, 3.8) is 0 Å². The second kappa shape index (κ2) is 10.2. The molecule has 4 nitrogen and oxygen atoms in total. The van der Waals surface area contributed by atoms with Crippen molar-refractivity contribution >= 4 is 12.8 Å². The monoisotopic (exact) mass is 461 g/mol. The van der Waals surface area contributed by atoms with E-state index in [4.69, 9.17) is 14.0 Å². The Kier molecular flexibility index (Phi) is 7.44. The number of benzene rings is 2. The molecule has 1 aliphatic heterocycles. The van der Waals surface area contributed by atoms with Gasteiger partial charge in [-0.1, -0.05) is 49.6 Å². The van der Waals surface area contributed by atoms with Crippen molar-refractivity contribution in [1.29, 1.82) is 0 Å². The highest BCUT2D eigenvalue weighted by atomic mass is 16.7. The zero-order valence-electron chi connectivity index (χ0n) is 21.5. The van der Waals surface area contributed by atoms with Crippen LogP contribution in [0.5, 0.6) is 5.75 Å². The third-order valence-electron chi connectivity index (χ3n) is 8.07. The summed E-state index contributed by atoms with van der Waals surface area (Å²) < 4.78 is 18.4. The lowest BCUT2D eigenvalue weighted by Gasteiger charge is -2.39. The first-order valence-corrected chi connectivity index (χ1v) is 12.7. The van der Waals surface area contributed by atoms with Gasteiger partial charge in [0.2, 0.25) is 0 Å². The molecule has 1 saturated heterocycles. The van der Waals surface area contributed by atoms with Crippen LogP contribution in [0.1, 0.15) is 71.4 Å². The number of ether oxygens (including phenoxy) is 1. The van der Waals surface area contributed by atoms with Crippen molar-refractivity contribution in [2.24, 2.45) is 11.8 Å². The molecule has 2 atom stereocenters. The Morgan fingerprint density at radius 3 is 2.09 bits per heavy atom. The molecule has 0 radical (unpaired) electrons. The van der Waals surface area contributed by atoms with Gasteiger partial charge >= 0.3 is 7.12 Å². The summed E-state index contributed by atoms with van der Waals surface area (Å²) in [5, 5.41) is 3.86. The van der Waals surface area contributed by atoms with Gasteiger partial charge in [0.1, 0.15) is 5.75 Å². The van der Waals surface area contributed by atoms with Crippen LogP contribution in [0.2, 0.25) is 0 Å². The predicted octanol–water partition coefficient (Wildman–Crippen LogP) is 7.23. The Bertz CT molecular complexity index is 935. The SMILES string of the molecule is C=C(B1OC(C)(C)C(C)(C)O1)C(C1CCCCC1)C(Nc1ccc(OC)cc1)c1ccccc1. The quantitative estimate of drug-likeness (QED) is 0.421. The lowest BCUT2D eigenvalue weighted by atomic mass is 9.61. The van der Waals surface area contributed by atoms with Gasteiger partial charge in [-0.15, -0.1) is 6.58 Å². The predicted molar refractivity (Wildman–Crippen MR) is 141 cm³/mol. The number of hydrogen-bond donors (Lipinski definition) is 1. The molecule has 4 rings (SSSR count). The molecule has 1 aliphatic carbocycles. The van der Waals surface area contributed by atoms with E-state index < -0.39 is 7.12 Å². The summed E-state index contributed by atoms with van der Waals surface area (Å²) in [5.41, 5.74) is 2.59. The molecular formula is C29H40BNO3. The Balaban J connectivity index is 1.71. The molecule has 0 aromatic heterocycles. The van der Waals surface area contributed by atoms with E-state index in [1.165, 1.54) is 37.7 Å². The van der Waals surface area contributed by atoms with Crippen molar-refractivity contribution in [3.05, 3.63) is 72.2 Å².